The molecule has 0 saturated heterocycles. The number of H-pyrrole nitrogens is 1. The molecular formula is C12H10F3N3O2. The van der Waals surface area contributed by atoms with E-state index < -0.39 is 6.36 Å². The number of hydrogen-bond acceptors (Lipinski definition) is 4. The fourth-order valence-electron chi connectivity index (χ4n) is 1.68. The minimum absolute atomic E-state index is 0.0285. The van der Waals surface area contributed by atoms with Crippen molar-refractivity contribution in [1.29, 1.82) is 0 Å². The Bertz CT molecular complexity index is 650. The van der Waals surface area contributed by atoms with Gasteiger partial charge in [0.25, 0.3) is 5.56 Å². The van der Waals surface area contributed by atoms with Crippen LogP contribution in [0.3, 0.4) is 0 Å². The van der Waals surface area contributed by atoms with Gasteiger partial charge in [-0.25, -0.2) is 4.98 Å². The lowest BCUT2D eigenvalue weighted by Crippen LogP contribution is -2.18. The van der Waals surface area contributed by atoms with Gasteiger partial charge in [0, 0.05) is 12.1 Å². The zero-order valence-corrected chi connectivity index (χ0v) is 10.1. The lowest BCUT2D eigenvalue weighted by atomic mass is 10.1. The molecule has 8 heteroatoms. The molecule has 0 aliphatic heterocycles. The first-order valence-electron chi connectivity index (χ1n) is 5.53. The van der Waals surface area contributed by atoms with Gasteiger partial charge in [-0.2, -0.15) is 0 Å². The fraction of sp³-hybridized carbons (Fsp3) is 0.167. The number of benzene rings is 1. The minimum atomic E-state index is -4.74. The summed E-state index contributed by atoms with van der Waals surface area (Å²) in [6.45, 7) is -0.0285. The Hall–Kier alpha value is -2.35. The summed E-state index contributed by atoms with van der Waals surface area (Å²) >= 11 is 0. The van der Waals surface area contributed by atoms with E-state index in [1.165, 1.54) is 18.5 Å². The predicted molar refractivity (Wildman–Crippen MR) is 64.9 cm³/mol. The number of rotatable bonds is 3. The highest BCUT2D eigenvalue weighted by atomic mass is 19.4. The highest BCUT2D eigenvalue weighted by Crippen LogP contribution is 2.26. The van der Waals surface area contributed by atoms with Crippen molar-refractivity contribution < 1.29 is 17.9 Å². The van der Waals surface area contributed by atoms with Gasteiger partial charge in [-0.1, -0.05) is 0 Å². The van der Waals surface area contributed by atoms with Crippen LogP contribution in [0.25, 0.3) is 11.3 Å². The maximum atomic E-state index is 12.0. The number of nitrogens with one attached hydrogen (secondary N) is 1. The van der Waals surface area contributed by atoms with Crippen LogP contribution in [0.5, 0.6) is 5.75 Å². The van der Waals surface area contributed by atoms with Crippen molar-refractivity contribution >= 4 is 0 Å². The molecule has 0 aliphatic carbocycles. The molecule has 5 nitrogen and oxygen atoms in total. The Morgan fingerprint density at radius 1 is 1.25 bits per heavy atom. The largest absolute Gasteiger partial charge is 0.573 e. The van der Waals surface area contributed by atoms with Crippen molar-refractivity contribution in [2.24, 2.45) is 5.73 Å². The number of hydrogen-bond donors (Lipinski definition) is 2. The summed E-state index contributed by atoms with van der Waals surface area (Å²) in [5, 5.41) is 0. The number of ether oxygens (including phenoxy) is 1. The highest BCUT2D eigenvalue weighted by molar-refractivity contribution is 5.63. The molecule has 2 aromatic rings. The smallest absolute Gasteiger partial charge is 0.406 e. The van der Waals surface area contributed by atoms with Gasteiger partial charge in [0.05, 0.1) is 17.6 Å². The predicted octanol–water partition coefficient (Wildman–Crippen LogP) is 1.79. The summed E-state index contributed by atoms with van der Waals surface area (Å²) in [4.78, 5) is 17.9. The van der Waals surface area contributed by atoms with Gasteiger partial charge in [-0.3, -0.25) is 4.79 Å². The normalized spacial score (nSPS) is 11.4. The Morgan fingerprint density at radius 2 is 1.90 bits per heavy atom. The molecule has 106 valence electrons. The first kappa shape index (κ1) is 14.1. The molecule has 0 saturated carbocycles. The molecule has 0 spiro atoms. The van der Waals surface area contributed by atoms with E-state index in [-0.39, 0.29) is 23.4 Å². The summed E-state index contributed by atoms with van der Waals surface area (Å²) in [7, 11) is 0. The van der Waals surface area contributed by atoms with Crippen molar-refractivity contribution in [3.05, 3.63) is 46.5 Å². The molecule has 0 atom stereocenters. The standard InChI is InChI=1S/C12H10F3N3O2/c13-12(14,15)20-8-3-1-7(2-4-8)10-9(5-16)11(19)18-6-17-10/h1-4,6H,5,16H2,(H,17,18,19). The molecule has 2 rings (SSSR count). The van der Waals surface area contributed by atoms with Gasteiger partial charge >= 0.3 is 6.36 Å². The van der Waals surface area contributed by atoms with E-state index >= 15 is 0 Å². The number of aromatic amines is 1. The first-order valence-corrected chi connectivity index (χ1v) is 5.53. The Morgan fingerprint density at radius 3 is 2.45 bits per heavy atom. The van der Waals surface area contributed by atoms with Crippen LogP contribution in [0.2, 0.25) is 0 Å². The molecule has 1 aromatic carbocycles. The Balaban J connectivity index is 2.36. The summed E-state index contributed by atoms with van der Waals surface area (Å²) in [5.74, 6) is -0.347. The van der Waals surface area contributed by atoms with Gasteiger partial charge in [0.2, 0.25) is 0 Å². The average Bonchev–Trinajstić information content (AvgIpc) is 2.37. The minimum Gasteiger partial charge on any atom is -0.406 e. The van der Waals surface area contributed by atoms with Crippen molar-refractivity contribution in [3.8, 4) is 17.0 Å². The van der Waals surface area contributed by atoms with Crippen LogP contribution in [-0.2, 0) is 6.54 Å². The van der Waals surface area contributed by atoms with Crippen molar-refractivity contribution in [1.82, 2.24) is 9.97 Å². The van der Waals surface area contributed by atoms with E-state index in [0.29, 0.717) is 11.3 Å². The second kappa shape index (κ2) is 5.33. The quantitative estimate of drug-likeness (QED) is 0.901. The summed E-state index contributed by atoms with van der Waals surface area (Å²) in [6.07, 6.45) is -3.54. The van der Waals surface area contributed by atoms with Crippen LogP contribution in [0.4, 0.5) is 13.2 Å². The van der Waals surface area contributed by atoms with E-state index in [2.05, 4.69) is 14.7 Å². The second-order valence-corrected chi connectivity index (χ2v) is 3.84. The molecule has 20 heavy (non-hydrogen) atoms. The average molecular weight is 285 g/mol. The maximum absolute atomic E-state index is 12.0. The van der Waals surface area contributed by atoms with Gasteiger partial charge in [0.1, 0.15) is 5.75 Å². The molecule has 1 heterocycles. The van der Waals surface area contributed by atoms with E-state index in [0.717, 1.165) is 12.1 Å². The molecule has 0 unspecified atom stereocenters. The van der Waals surface area contributed by atoms with Gasteiger partial charge in [-0.05, 0) is 24.3 Å². The number of nitrogens with zero attached hydrogens (tertiary/aromatic N) is 1. The number of halogens is 3. The van der Waals surface area contributed by atoms with Crippen LogP contribution >= 0.6 is 0 Å². The van der Waals surface area contributed by atoms with Crippen LogP contribution in [0.1, 0.15) is 5.56 Å². The highest BCUT2D eigenvalue weighted by Gasteiger charge is 2.31. The van der Waals surface area contributed by atoms with E-state index in [1.807, 2.05) is 0 Å². The molecule has 0 radical (unpaired) electrons. The zero-order chi connectivity index (χ0) is 14.8. The van der Waals surface area contributed by atoms with Crippen molar-refractivity contribution in [2.45, 2.75) is 12.9 Å². The van der Waals surface area contributed by atoms with E-state index in [4.69, 9.17) is 5.73 Å². The third-order valence-electron chi connectivity index (χ3n) is 2.51. The maximum Gasteiger partial charge on any atom is 0.573 e. The van der Waals surface area contributed by atoms with E-state index in [1.54, 1.807) is 0 Å². The molecule has 3 N–H and O–H groups in total. The number of alkyl halides is 3. The fourth-order valence-corrected chi connectivity index (χ4v) is 1.68. The molecular weight excluding hydrogens is 275 g/mol. The molecule has 0 amide bonds. The summed E-state index contributed by atoms with van der Waals surface area (Å²) in [6, 6.07) is 5.04. The number of nitrogens with two attached hydrogens (primary N) is 1. The molecule has 1 aromatic heterocycles. The lowest BCUT2D eigenvalue weighted by molar-refractivity contribution is -0.274. The third-order valence-corrected chi connectivity index (χ3v) is 2.51. The van der Waals surface area contributed by atoms with Gasteiger partial charge in [-0.15, -0.1) is 13.2 Å². The number of aromatic nitrogens is 2. The zero-order valence-electron chi connectivity index (χ0n) is 10.1. The van der Waals surface area contributed by atoms with Crippen molar-refractivity contribution in [3.63, 3.8) is 0 Å². The van der Waals surface area contributed by atoms with Crippen LogP contribution in [0, 0.1) is 0 Å². The van der Waals surface area contributed by atoms with Crippen LogP contribution in [0.15, 0.2) is 35.4 Å². The molecule has 0 aliphatic rings. The molecule has 0 bridgehead atoms. The third kappa shape index (κ3) is 3.15. The SMILES string of the molecule is NCc1c(-c2ccc(OC(F)(F)F)cc2)nc[nH]c1=O. The van der Waals surface area contributed by atoms with E-state index in [9.17, 15) is 18.0 Å². The second-order valence-electron chi connectivity index (χ2n) is 3.84. The van der Waals surface area contributed by atoms with Crippen LogP contribution in [-0.4, -0.2) is 16.3 Å². The van der Waals surface area contributed by atoms with Gasteiger partial charge in [0.15, 0.2) is 0 Å². The van der Waals surface area contributed by atoms with Crippen molar-refractivity contribution in [2.75, 3.05) is 0 Å². The Kier molecular flexibility index (Phi) is 3.75. The van der Waals surface area contributed by atoms with Crippen LogP contribution < -0.4 is 16.0 Å². The lowest BCUT2D eigenvalue weighted by Gasteiger charge is -2.10. The summed E-state index contributed by atoms with van der Waals surface area (Å²) in [5.41, 5.74) is 6.15. The van der Waals surface area contributed by atoms with Gasteiger partial charge < -0.3 is 15.5 Å². The monoisotopic (exact) mass is 285 g/mol. The topological polar surface area (TPSA) is 81.0 Å². The summed E-state index contributed by atoms with van der Waals surface area (Å²) < 4.78 is 39.9. The Labute approximate surface area is 111 Å². The first-order chi connectivity index (χ1) is 9.40. The molecule has 0 fully saturated rings.